The quantitative estimate of drug-likeness (QED) is 0.0782. The van der Waals surface area contributed by atoms with Gasteiger partial charge in [-0.3, -0.25) is 13.8 Å². The number of hydrogen-bond acceptors (Lipinski definition) is 7. The molecule has 36 heavy (non-hydrogen) atoms. The molecule has 0 aromatic heterocycles. The predicted octanol–water partition coefficient (Wildman–Crippen LogP) is 6.22. The van der Waals surface area contributed by atoms with Crippen LogP contribution in [0.2, 0.25) is 0 Å². The standard InChI is InChI=1S/C26H54NO8P/c1-3-4-5-6-7-8-9-10-11-12-13-14-17-24(2)33-22-25(32-20-16-15-18-26(28)29)23-35-36(30,31)34-21-19-27/h24-25H,3-23,27H2,1-2H3,(H,28,29)(H,30,31). The van der Waals surface area contributed by atoms with Gasteiger partial charge in [0.15, 0.2) is 0 Å². The number of carboxylic acid groups (broad SMARTS) is 1. The number of hydrogen-bond donors (Lipinski definition) is 3. The van der Waals surface area contributed by atoms with Gasteiger partial charge < -0.3 is 25.2 Å². The highest BCUT2D eigenvalue weighted by Crippen LogP contribution is 2.43. The van der Waals surface area contributed by atoms with E-state index in [0.717, 1.165) is 12.8 Å². The van der Waals surface area contributed by atoms with E-state index in [4.69, 9.17) is 29.4 Å². The lowest BCUT2D eigenvalue weighted by atomic mass is 10.0. The fourth-order valence-corrected chi connectivity index (χ4v) is 4.55. The molecule has 0 saturated carbocycles. The lowest BCUT2D eigenvalue weighted by Crippen LogP contribution is -2.28. The second-order valence-corrected chi connectivity index (χ2v) is 11.0. The van der Waals surface area contributed by atoms with Gasteiger partial charge in [-0.2, -0.15) is 0 Å². The van der Waals surface area contributed by atoms with Crippen LogP contribution in [0.5, 0.6) is 0 Å². The zero-order chi connectivity index (χ0) is 26.9. The van der Waals surface area contributed by atoms with Crippen LogP contribution < -0.4 is 5.73 Å². The van der Waals surface area contributed by atoms with E-state index in [-0.39, 0.29) is 38.9 Å². The Labute approximate surface area is 219 Å². The van der Waals surface area contributed by atoms with Crippen LogP contribution in [0.15, 0.2) is 0 Å². The Kier molecular flexibility index (Phi) is 24.4. The molecule has 0 bridgehead atoms. The van der Waals surface area contributed by atoms with Crippen molar-refractivity contribution in [2.24, 2.45) is 5.73 Å². The van der Waals surface area contributed by atoms with E-state index >= 15 is 0 Å². The highest BCUT2D eigenvalue weighted by Gasteiger charge is 2.24. The van der Waals surface area contributed by atoms with Crippen molar-refractivity contribution in [3.05, 3.63) is 0 Å². The van der Waals surface area contributed by atoms with Crippen molar-refractivity contribution < 1.29 is 37.9 Å². The molecule has 9 nitrogen and oxygen atoms in total. The van der Waals surface area contributed by atoms with Crippen LogP contribution in [0.25, 0.3) is 0 Å². The molecule has 0 spiro atoms. The first-order valence-electron chi connectivity index (χ1n) is 14.1. The number of unbranched alkanes of at least 4 members (excludes halogenated alkanes) is 12. The summed E-state index contributed by atoms with van der Waals surface area (Å²) in [5.74, 6) is -0.844. The lowest BCUT2D eigenvalue weighted by Gasteiger charge is -2.22. The van der Waals surface area contributed by atoms with Gasteiger partial charge in [0.25, 0.3) is 0 Å². The highest BCUT2D eigenvalue weighted by atomic mass is 31.2. The van der Waals surface area contributed by atoms with Gasteiger partial charge >= 0.3 is 13.8 Å². The fraction of sp³-hybridized carbons (Fsp3) is 0.962. The Hall–Kier alpha value is -0.540. The molecule has 216 valence electrons. The van der Waals surface area contributed by atoms with Crippen LogP contribution in [-0.2, 0) is 27.9 Å². The molecule has 0 aliphatic rings. The van der Waals surface area contributed by atoms with Crippen LogP contribution in [0.4, 0.5) is 0 Å². The number of rotatable bonds is 28. The average Bonchev–Trinajstić information content (AvgIpc) is 2.84. The summed E-state index contributed by atoms with van der Waals surface area (Å²) < 4.78 is 33.3. The van der Waals surface area contributed by atoms with Crippen molar-refractivity contribution in [1.82, 2.24) is 0 Å². The molecular weight excluding hydrogens is 485 g/mol. The van der Waals surface area contributed by atoms with Gasteiger partial charge in [0, 0.05) is 19.6 Å². The maximum absolute atomic E-state index is 11.9. The second-order valence-electron chi connectivity index (χ2n) is 9.55. The van der Waals surface area contributed by atoms with Crippen LogP contribution in [-0.4, -0.2) is 61.1 Å². The van der Waals surface area contributed by atoms with Crippen molar-refractivity contribution in [2.75, 3.05) is 33.0 Å². The molecule has 0 heterocycles. The topological polar surface area (TPSA) is 138 Å². The maximum Gasteiger partial charge on any atom is 0.472 e. The maximum atomic E-state index is 11.9. The van der Waals surface area contributed by atoms with E-state index in [2.05, 4.69) is 6.92 Å². The van der Waals surface area contributed by atoms with Gasteiger partial charge in [-0.1, -0.05) is 84.0 Å². The van der Waals surface area contributed by atoms with Crippen LogP contribution in [0.3, 0.4) is 0 Å². The third-order valence-electron chi connectivity index (χ3n) is 5.97. The average molecular weight is 540 g/mol. The fourth-order valence-electron chi connectivity index (χ4n) is 3.78. The van der Waals surface area contributed by atoms with Gasteiger partial charge in [0.1, 0.15) is 6.10 Å². The first kappa shape index (κ1) is 35.5. The van der Waals surface area contributed by atoms with E-state index in [1.165, 1.54) is 70.6 Å². The number of phosphoric ester groups is 1. The molecule has 0 aliphatic heterocycles. The van der Waals surface area contributed by atoms with Crippen molar-refractivity contribution in [2.45, 2.75) is 129 Å². The SMILES string of the molecule is CCCCCCCCCCCCCCC(C)OCC(COP(=O)(O)OCCN)OCCCCC(=O)O. The van der Waals surface area contributed by atoms with Gasteiger partial charge in [0.05, 0.1) is 25.9 Å². The van der Waals surface area contributed by atoms with E-state index in [9.17, 15) is 14.3 Å². The molecule has 0 aromatic carbocycles. The normalized spacial score (nSPS) is 15.0. The summed E-state index contributed by atoms with van der Waals surface area (Å²) >= 11 is 0. The first-order valence-corrected chi connectivity index (χ1v) is 15.6. The van der Waals surface area contributed by atoms with Gasteiger partial charge in [-0.15, -0.1) is 0 Å². The predicted molar refractivity (Wildman–Crippen MR) is 143 cm³/mol. The Morgan fingerprint density at radius 1 is 0.806 bits per heavy atom. The molecular formula is C26H54NO8P. The first-order chi connectivity index (χ1) is 17.3. The number of carboxylic acids is 1. The molecule has 3 atom stereocenters. The minimum Gasteiger partial charge on any atom is -0.481 e. The van der Waals surface area contributed by atoms with Crippen molar-refractivity contribution in [1.29, 1.82) is 0 Å². The Balaban J connectivity index is 4.06. The van der Waals surface area contributed by atoms with Gasteiger partial charge in [0.2, 0.25) is 0 Å². The molecule has 10 heteroatoms. The summed E-state index contributed by atoms with van der Waals surface area (Å²) in [6, 6.07) is 0. The number of ether oxygens (including phenoxy) is 2. The summed E-state index contributed by atoms with van der Waals surface area (Å²) in [5, 5.41) is 8.74. The molecule has 4 N–H and O–H groups in total. The Morgan fingerprint density at radius 2 is 1.39 bits per heavy atom. The van der Waals surface area contributed by atoms with Crippen molar-refractivity contribution in [3.8, 4) is 0 Å². The van der Waals surface area contributed by atoms with E-state index < -0.39 is 19.9 Å². The smallest absolute Gasteiger partial charge is 0.472 e. The minimum atomic E-state index is -4.20. The van der Waals surface area contributed by atoms with Crippen molar-refractivity contribution in [3.63, 3.8) is 0 Å². The highest BCUT2D eigenvalue weighted by molar-refractivity contribution is 7.47. The summed E-state index contributed by atoms with van der Waals surface area (Å²) in [6.45, 7) is 4.67. The number of nitrogens with two attached hydrogens (primary N) is 1. The zero-order valence-electron chi connectivity index (χ0n) is 22.9. The minimum absolute atomic E-state index is 0.0423. The molecule has 0 rings (SSSR count). The summed E-state index contributed by atoms with van der Waals surface area (Å²) in [5.41, 5.74) is 5.29. The van der Waals surface area contributed by atoms with E-state index in [1.54, 1.807) is 0 Å². The van der Waals surface area contributed by atoms with Gasteiger partial charge in [-0.25, -0.2) is 4.57 Å². The number of carbonyl (C=O) groups is 1. The van der Waals surface area contributed by atoms with E-state index in [1.807, 2.05) is 6.92 Å². The third kappa shape index (κ3) is 25.1. The largest absolute Gasteiger partial charge is 0.481 e. The summed E-state index contributed by atoms with van der Waals surface area (Å²) in [7, 11) is -4.20. The van der Waals surface area contributed by atoms with Crippen molar-refractivity contribution >= 4 is 13.8 Å². The molecule has 3 unspecified atom stereocenters. The molecule has 0 saturated heterocycles. The summed E-state index contributed by atoms with van der Waals surface area (Å²) in [6.07, 6.45) is 17.3. The lowest BCUT2D eigenvalue weighted by molar-refractivity contribution is -0.137. The summed E-state index contributed by atoms with van der Waals surface area (Å²) in [4.78, 5) is 20.4. The van der Waals surface area contributed by atoms with E-state index in [0.29, 0.717) is 19.4 Å². The second kappa shape index (κ2) is 24.8. The van der Waals surface area contributed by atoms with Crippen LogP contribution >= 0.6 is 7.82 Å². The molecule has 0 fully saturated rings. The molecule has 0 aromatic rings. The molecule has 0 aliphatic carbocycles. The number of phosphoric acid groups is 1. The van der Waals surface area contributed by atoms with Crippen LogP contribution in [0.1, 0.15) is 117 Å². The zero-order valence-corrected chi connectivity index (χ0v) is 23.8. The van der Waals surface area contributed by atoms with Gasteiger partial charge in [-0.05, 0) is 26.2 Å². The Bertz CT molecular complexity index is 552. The number of aliphatic carboxylic acids is 1. The monoisotopic (exact) mass is 539 g/mol. The molecule has 0 amide bonds. The van der Waals surface area contributed by atoms with Crippen LogP contribution in [0, 0.1) is 0 Å². The third-order valence-corrected chi connectivity index (χ3v) is 6.95. The molecule has 0 radical (unpaired) electrons. The Morgan fingerprint density at radius 3 is 1.94 bits per heavy atom.